The molecular weight excluding hydrogens is 382 g/mol. The third kappa shape index (κ3) is 4.20. The Morgan fingerprint density at radius 1 is 0.867 bits per heavy atom. The lowest BCUT2D eigenvalue weighted by atomic mass is 10.2. The number of likely N-dealkylation sites (tertiary alicyclic amines) is 1. The Morgan fingerprint density at radius 3 is 2.17 bits per heavy atom. The zero-order valence-corrected chi connectivity index (χ0v) is 17.8. The molecule has 0 N–H and O–H groups in total. The van der Waals surface area contributed by atoms with Crippen molar-refractivity contribution in [1.29, 1.82) is 0 Å². The maximum atomic E-state index is 13.0. The normalized spacial score (nSPS) is 18.4. The number of carbonyl (C=O) groups is 1. The number of carbonyl (C=O) groups excluding carboxylic acids is 1. The van der Waals surface area contributed by atoms with Crippen LogP contribution in [0.5, 0.6) is 0 Å². The van der Waals surface area contributed by atoms with Gasteiger partial charge in [-0.05, 0) is 45.0 Å². The summed E-state index contributed by atoms with van der Waals surface area (Å²) in [6.45, 7) is 9.68. The molecule has 1 aromatic carbocycles. The van der Waals surface area contributed by atoms with Gasteiger partial charge in [-0.15, -0.1) is 0 Å². The van der Waals surface area contributed by atoms with Gasteiger partial charge in [0.15, 0.2) is 0 Å². The van der Waals surface area contributed by atoms with Gasteiger partial charge >= 0.3 is 5.69 Å². The number of fused-ring (bicyclic) bond motifs is 1. The predicted molar refractivity (Wildman–Crippen MR) is 117 cm³/mol. The molecule has 0 aliphatic carbocycles. The summed E-state index contributed by atoms with van der Waals surface area (Å²) < 4.78 is 2.65. The summed E-state index contributed by atoms with van der Waals surface area (Å²) in [4.78, 5) is 45.2. The number of aromatic nitrogens is 2. The Labute approximate surface area is 176 Å². The molecule has 0 unspecified atom stereocenters. The summed E-state index contributed by atoms with van der Waals surface area (Å²) in [5.74, 6) is -0.0669. The molecule has 2 fully saturated rings. The van der Waals surface area contributed by atoms with E-state index in [9.17, 15) is 14.4 Å². The first-order valence-corrected chi connectivity index (χ1v) is 11.0. The zero-order valence-electron chi connectivity index (χ0n) is 17.8. The fourth-order valence-corrected chi connectivity index (χ4v) is 4.55. The monoisotopic (exact) mass is 413 g/mol. The molecule has 2 saturated heterocycles. The Balaban J connectivity index is 1.43. The predicted octanol–water partition coefficient (Wildman–Crippen LogP) is 0.423. The maximum absolute atomic E-state index is 13.0. The minimum absolute atomic E-state index is 0.0343. The van der Waals surface area contributed by atoms with Gasteiger partial charge in [0.1, 0.15) is 6.54 Å². The Bertz CT molecular complexity index is 1010. The number of amides is 1. The molecule has 0 radical (unpaired) electrons. The molecule has 2 aliphatic heterocycles. The minimum atomic E-state index is -0.418. The van der Waals surface area contributed by atoms with Crippen molar-refractivity contribution in [3.05, 3.63) is 45.1 Å². The molecule has 2 aromatic rings. The first-order chi connectivity index (χ1) is 14.6. The molecule has 0 saturated carbocycles. The van der Waals surface area contributed by atoms with Crippen LogP contribution in [-0.2, 0) is 17.9 Å². The highest BCUT2D eigenvalue weighted by Gasteiger charge is 2.23. The van der Waals surface area contributed by atoms with E-state index < -0.39 is 5.69 Å². The van der Waals surface area contributed by atoms with E-state index in [0.717, 1.165) is 26.2 Å². The van der Waals surface area contributed by atoms with Crippen molar-refractivity contribution in [2.75, 3.05) is 52.4 Å². The summed E-state index contributed by atoms with van der Waals surface area (Å²) in [6.07, 6.45) is 2.61. The van der Waals surface area contributed by atoms with Crippen molar-refractivity contribution in [1.82, 2.24) is 23.8 Å². The third-order valence-corrected chi connectivity index (χ3v) is 6.40. The van der Waals surface area contributed by atoms with Crippen LogP contribution in [0.3, 0.4) is 0 Å². The van der Waals surface area contributed by atoms with Crippen LogP contribution < -0.4 is 11.2 Å². The molecule has 30 heavy (non-hydrogen) atoms. The van der Waals surface area contributed by atoms with Gasteiger partial charge in [0.25, 0.3) is 5.56 Å². The van der Waals surface area contributed by atoms with Gasteiger partial charge < -0.3 is 9.80 Å². The van der Waals surface area contributed by atoms with Crippen LogP contribution in [0.1, 0.15) is 19.8 Å². The molecule has 0 bridgehead atoms. The smallest absolute Gasteiger partial charge is 0.331 e. The number of benzene rings is 1. The van der Waals surface area contributed by atoms with Crippen LogP contribution in [0.25, 0.3) is 10.9 Å². The largest absolute Gasteiger partial charge is 0.339 e. The van der Waals surface area contributed by atoms with Crippen LogP contribution in [0, 0.1) is 0 Å². The highest BCUT2D eigenvalue weighted by molar-refractivity contribution is 5.81. The van der Waals surface area contributed by atoms with E-state index in [1.54, 1.807) is 31.2 Å². The van der Waals surface area contributed by atoms with Gasteiger partial charge in [0.2, 0.25) is 5.91 Å². The van der Waals surface area contributed by atoms with E-state index in [1.165, 1.54) is 35.1 Å². The number of rotatable bonds is 6. The van der Waals surface area contributed by atoms with Crippen molar-refractivity contribution < 1.29 is 4.79 Å². The average Bonchev–Trinajstić information content (AvgIpc) is 3.29. The fraction of sp³-hybridized carbons (Fsp3) is 0.591. The van der Waals surface area contributed by atoms with E-state index in [1.807, 2.05) is 4.90 Å². The average molecular weight is 414 g/mol. The Morgan fingerprint density at radius 2 is 1.50 bits per heavy atom. The first kappa shape index (κ1) is 20.8. The first-order valence-electron chi connectivity index (χ1n) is 11.0. The van der Waals surface area contributed by atoms with Crippen molar-refractivity contribution >= 4 is 16.8 Å². The second-order valence-electron chi connectivity index (χ2n) is 8.21. The van der Waals surface area contributed by atoms with Crippen LogP contribution >= 0.6 is 0 Å². The second-order valence-corrected chi connectivity index (χ2v) is 8.21. The standard InChI is InChI=1S/C22H31N5O3/c1-2-26-21(29)18-7-3-4-8-19(18)27(22(26)30)17-20(28)25-15-13-24(14-16-25)12-11-23-9-5-6-10-23/h3-4,7-8H,2,5-6,9-17H2,1H3. The molecule has 8 nitrogen and oxygen atoms in total. The molecule has 162 valence electrons. The quantitative estimate of drug-likeness (QED) is 0.687. The topological polar surface area (TPSA) is 70.8 Å². The molecule has 1 amide bonds. The summed E-state index contributed by atoms with van der Waals surface area (Å²) in [7, 11) is 0. The lowest BCUT2D eigenvalue weighted by molar-refractivity contribution is -0.133. The minimum Gasteiger partial charge on any atom is -0.339 e. The van der Waals surface area contributed by atoms with E-state index in [-0.39, 0.29) is 24.6 Å². The van der Waals surface area contributed by atoms with E-state index in [0.29, 0.717) is 24.0 Å². The van der Waals surface area contributed by atoms with Crippen molar-refractivity contribution in [3.63, 3.8) is 0 Å². The van der Waals surface area contributed by atoms with Gasteiger partial charge in [0, 0.05) is 45.8 Å². The van der Waals surface area contributed by atoms with Crippen molar-refractivity contribution in [2.24, 2.45) is 0 Å². The van der Waals surface area contributed by atoms with E-state index >= 15 is 0 Å². The summed E-state index contributed by atoms with van der Waals surface area (Å²) in [6, 6.07) is 7.02. The zero-order chi connectivity index (χ0) is 21.1. The van der Waals surface area contributed by atoms with E-state index in [4.69, 9.17) is 0 Å². The molecule has 1 aromatic heterocycles. The maximum Gasteiger partial charge on any atom is 0.331 e. The molecule has 2 aliphatic rings. The number of hydrogen-bond acceptors (Lipinski definition) is 5. The molecule has 0 atom stereocenters. The van der Waals surface area contributed by atoms with Crippen LogP contribution in [0.2, 0.25) is 0 Å². The summed E-state index contributed by atoms with van der Waals surface area (Å²) in [5.41, 5.74) is -0.193. The lowest BCUT2D eigenvalue weighted by Gasteiger charge is -2.35. The molecule has 8 heteroatoms. The second kappa shape index (κ2) is 9.14. The summed E-state index contributed by atoms with van der Waals surface area (Å²) >= 11 is 0. The SMILES string of the molecule is CCn1c(=O)c2ccccc2n(CC(=O)N2CCN(CCN3CCCC3)CC2)c1=O. The van der Waals surface area contributed by atoms with E-state index in [2.05, 4.69) is 9.80 Å². The van der Waals surface area contributed by atoms with Gasteiger partial charge in [-0.2, -0.15) is 0 Å². The van der Waals surface area contributed by atoms with Crippen LogP contribution in [-0.4, -0.2) is 82.1 Å². The van der Waals surface area contributed by atoms with Gasteiger partial charge in [-0.25, -0.2) is 4.79 Å². The summed E-state index contributed by atoms with van der Waals surface area (Å²) in [5, 5.41) is 0.471. The fourth-order valence-electron chi connectivity index (χ4n) is 4.55. The molecule has 0 spiro atoms. The van der Waals surface area contributed by atoms with Gasteiger partial charge in [0.05, 0.1) is 10.9 Å². The van der Waals surface area contributed by atoms with Gasteiger partial charge in [-0.3, -0.25) is 23.6 Å². The van der Waals surface area contributed by atoms with Crippen molar-refractivity contribution in [3.8, 4) is 0 Å². The number of nitrogens with zero attached hydrogens (tertiary/aromatic N) is 5. The van der Waals surface area contributed by atoms with Gasteiger partial charge in [-0.1, -0.05) is 12.1 Å². The van der Waals surface area contributed by atoms with Crippen LogP contribution in [0.4, 0.5) is 0 Å². The number of piperazine rings is 1. The highest BCUT2D eigenvalue weighted by Crippen LogP contribution is 2.10. The lowest BCUT2D eigenvalue weighted by Crippen LogP contribution is -2.51. The highest BCUT2D eigenvalue weighted by atomic mass is 16.2. The molecule has 3 heterocycles. The van der Waals surface area contributed by atoms with Crippen LogP contribution in [0.15, 0.2) is 33.9 Å². The Kier molecular flexibility index (Phi) is 6.34. The number of para-hydroxylation sites is 1. The third-order valence-electron chi connectivity index (χ3n) is 6.40. The Hall–Kier alpha value is -2.45. The number of hydrogen-bond donors (Lipinski definition) is 0. The molecular formula is C22H31N5O3. The van der Waals surface area contributed by atoms with Crippen molar-refractivity contribution in [2.45, 2.75) is 32.9 Å². The molecule has 4 rings (SSSR count).